The van der Waals surface area contributed by atoms with E-state index in [1.165, 1.54) is 12.8 Å². The Morgan fingerprint density at radius 1 is 1.23 bits per heavy atom. The van der Waals surface area contributed by atoms with Gasteiger partial charge < -0.3 is 10.0 Å². The lowest BCUT2D eigenvalue weighted by Gasteiger charge is -2.30. The molecule has 2 fully saturated rings. The van der Waals surface area contributed by atoms with Crippen LogP contribution in [0, 0.1) is 11.8 Å². The SMILES string of the molecule is CCN(CC)[C@H]1[C@@H]2CC[C@H]1[C@H](O)C2. The molecule has 2 rings (SSSR count). The van der Waals surface area contributed by atoms with E-state index in [0.717, 1.165) is 25.4 Å². The molecule has 76 valence electrons. The maximum atomic E-state index is 9.80. The smallest absolute Gasteiger partial charge is 0.0586 e. The Morgan fingerprint density at radius 3 is 2.31 bits per heavy atom. The van der Waals surface area contributed by atoms with Crippen molar-refractivity contribution < 1.29 is 5.11 Å². The summed E-state index contributed by atoms with van der Waals surface area (Å²) in [7, 11) is 0. The van der Waals surface area contributed by atoms with Crippen molar-refractivity contribution in [3.05, 3.63) is 0 Å². The molecule has 0 radical (unpaired) electrons. The predicted molar refractivity (Wildman–Crippen MR) is 53.5 cm³/mol. The molecule has 4 atom stereocenters. The van der Waals surface area contributed by atoms with Crippen molar-refractivity contribution in [2.24, 2.45) is 11.8 Å². The molecule has 0 aromatic carbocycles. The summed E-state index contributed by atoms with van der Waals surface area (Å²) < 4.78 is 0. The molecule has 2 heteroatoms. The Kier molecular flexibility index (Phi) is 2.61. The molecule has 2 saturated carbocycles. The zero-order valence-corrected chi connectivity index (χ0v) is 8.74. The maximum Gasteiger partial charge on any atom is 0.0586 e. The monoisotopic (exact) mass is 183 g/mol. The first-order chi connectivity index (χ1) is 6.27. The maximum absolute atomic E-state index is 9.80. The molecule has 2 aliphatic rings. The fourth-order valence-electron chi connectivity index (χ4n) is 3.47. The largest absolute Gasteiger partial charge is 0.393 e. The van der Waals surface area contributed by atoms with Gasteiger partial charge in [-0.3, -0.25) is 0 Å². The standard InChI is InChI=1S/C11H21NO/c1-3-12(4-2)11-8-5-6-9(11)10(13)7-8/h8-11,13H,3-7H2,1-2H3/t8-,9+,10-,11+/m1/s1. The van der Waals surface area contributed by atoms with Gasteiger partial charge in [-0.1, -0.05) is 13.8 Å². The van der Waals surface area contributed by atoms with Gasteiger partial charge in [0.05, 0.1) is 6.10 Å². The molecular formula is C11H21NO. The van der Waals surface area contributed by atoms with Crippen LogP contribution in [0.4, 0.5) is 0 Å². The fraction of sp³-hybridized carbons (Fsp3) is 1.00. The van der Waals surface area contributed by atoms with Gasteiger partial charge in [0.1, 0.15) is 0 Å². The summed E-state index contributed by atoms with van der Waals surface area (Å²) >= 11 is 0. The highest BCUT2D eigenvalue weighted by atomic mass is 16.3. The summed E-state index contributed by atoms with van der Waals surface area (Å²) in [6.07, 6.45) is 3.67. The molecule has 0 aliphatic heterocycles. The number of aliphatic hydroxyl groups is 1. The predicted octanol–water partition coefficient (Wildman–Crippen LogP) is 1.49. The van der Waals surface area contributed by atoms with Crippen LogP contribution in [0.25, 0.3) is 0 Å². The van der Waals surface area contributed by atoms with Gasteiger partial charge in [-0.15, -0.1) is 0 Å². The molecular weight excluding hydrogens is 162 g/mol. The zero-order chi connectivity index (χ0) is 9.42. The van der Waals surface area contributed by atoms with Crippen molar-refractivity contribution in [3.63, 3.8) is 0 Å². The number of fused-ring (bicyclic) bond motifs is 2. The van der Waals surface area contributed by atoms with Gasteiger partial charge in [0.15, 0.2) is 0 Å². The van der Waals surface area contributed by atoms with Crippen molar-refractivity contribution in [1.29, 1.82) is 0 Å². The van der Waals surface area contributed by atoms with E-state index >= 15 is 0 Å². The Balaban J connectivity index is 2.07. The van der Waals surface area contributed by atoms with E-state index in [2.05, 4.69) is 18.7 Å². The van der Waals surface area contributed by atoms with E-state index in [9.17, 15) is 5.11 Å². The van der Waals surface area contributed by atoms with E-state index in [1.54, 1.807) is 0 Å². The molecule has 0 unspecified atom stereocenters. The third-order valence-corrected chi connectivity index (χ3v) is 4.06. The lowest BCUT2D eigenvalue weighted by molar-refractivity contribution is 0.0922. The molecule has 2 bridgehead atoms. The van der Waals surface area contributed by atoms with Crippen LogP contribution in [0.15, 0.2) is 0 Å². The number of hydrogen-bond acceptors (Lipinski definition) is 2. The first-order valence-corrected chi connectivity index (χ1v) is 5.70. The fourth-order valence-corrected chi connectivity index (χ4v) is 3.47. The molecule has 2 aliphatic carbocycles. The van der Waals surface area contributed by atoms with Crippen LogP contribution in [0.1, 0.15) is 33.1 Å². The minimum absolute atomic E-state index is 0.00403. The van der Waals surface area contributed by atoms with Crippen molar-refractivity contribution >= 4 is 0 Å². The van der Waals surface area contributed by atoms with Crippen molar-refractivity contribution in [2.75, 3.05) is 13.1 Å². The zero-order valence-electron chi connectivity index (χ0n) is 8.74. The summed E-state index contributed by atoms with van der Waals surface area (Å²) in [5, 5.41) is 9.80. The molecule has 13 heavy (non-hydrogen) atoms. The van der Waals surface area contributed by atoms with E-state index in [-0.39, 0.29) is 6.10 Å². The van der Waals surface area contributed by atoms with Gasteiger partial charge >= 0.3 is 0 Å². The Bertz CT molecular complexity index is 179. The summed E-state index contributed by atoms with van der Waals surface area (Å²) in [6, 6.07) is 0.699. The molecule has 0 spiro atoms. The number of hydrogen-bond donors (Lipinski definition) is 1. The van der Waals surface area contributed by atoms with Crippen molar-refractivity contribution in [1.82, 2.24) is 4.90 Å². The van der Waals surface area contributed by atoms with Crippen LogP contribution in [-0.2, 0) is 0 Å². The molecule has 0 aromatic heterocycles. The number of nitrogens with zero attached hydrogens (tertiary/aromatic N) is 1. The number of rotatable bonds is 3. The summed E-state index contributed by atoms with van der Waals surface area (Å²) in [5.74, 6) is 1.38. The summed E-state index contributed by atoms with van der Waals surface area (Å²) in [5.41, 5.74) is 0. The molecule has 0 heterocycles. The van der Waals surface area contributed by atoms with Crippen molar-refractivity contribution in [3.8, 4) is 0 Å². The van der Waals surface area contributed by atoms with Crippen LogP contribution in [0.3, 0.4) is 0 Å². The van der Waals surface area contributed by atoms with E-state index in [4.69, 9.17) is 0 Å². The Hall–Kier alpha value is -0.0800. The van der Waals surface area contributed by atoms with Gasteiger partial charge in [0.2, 0.25) is 0 Å². The van der Waals surface area contributed by atoms with Crippen LogP contribution in [0.2, 0.25) is 0 Å². The van der Waals surface area contributed by atoms with Crippen LogP contribution in [-0.4, -0.2) is 35.2 Å². The topological polar surface area (TPSA) is 23.5 Å². The Morgan fingerprint density at radius 2 is 1.92 bits per heavy atom. The second-order valence-electron chi connectivity index (χ2n) is 4.52. The minimum Gasteiger partial charge on any atom is -0.393 e. The van der Waals surface area contributed by atoms with Gasteiger partial charge in [0, 0.05) is 12.0 Å². The first kappa shape index (κ1) is 9.47. The van der Waals surface area contributed by atoms with E-state index in [0.29, 0.717) is 12.0 Å². The third kappa shape index (κ3) is 1.40. The molecule has 0 amide bonds. The highest BCUT2D eigenvalue weighted by Crippen LogP contribution is 2.47. The van der Waals surface area contributed by atoms with E-state index in [1.807, 2.05) is 0 Å². The average Bonchev–Trinajstić information content (AvgIpc) is 2.64. The minimum atomic E-state index is 0.00403. The average molecular weight is 183 g/mol. The third-order valence-electron chi connectivity index (χ3n) is 4.06. The Labute approximate surface area is 80.9 Å². The first-order valence-electron chi connectivity index (χ1n) is 5.70. The van der Waals surface area contributed by atoms with E-state index < -0.39 is 0 Å². The molecule has 2 nitrogen and oxygen atoms in total. The highest BCUT2D eigenvalue weighted by Gasteiger charge is 2.48. The van der Waals surface area contributed by atoms with Gasteiger partial charge in [0.25, 0.3) is 0 Å². The molecule has 0 aromatic rings. The summed E-state index contributed by atoms with van der Waals surface area (Å²) in [6.45, 7) is 6.74. The lowest BCUT2D eigenvalue weighted by atomic mass is 9.98. The molecule has 1 N–H and O–H groups in total. The van der Waals surface area contributed by atoms with Gasteiger partial charge in [-0.2, -0.15) is 0 Å². The normalized spacial score (nSPS) is 43.4. The quantitative estimate of drug-likeness (QED) is 0.716. The van der Waals surface area contributed by atoms with Crippen molar-refractivity contribution in [2.45, 2.75) is 45.3 Å². The second-order valence-corrected chi connectivity index (χ2v) is 4.52. The molecule has 0 saturated heterocycles. The second kappa shape index (κ2) is 3.58. The van der Waals surface area contributed by atoms with Gasteiger partial charge in [-0.25, -0.2) is 0 Å². The highest BCUT2D eigenvalue weighted by molar-refractivity contribution is 5.01. The van der Waals surface area contributed by atoms with Crippen LogP contribution in [0.5, 0.6) is 0 Å². The van der Waals surface area contributed by atoms with Gasteiger partial charge in [-0.05, 0) is 38.3 Å². The lowest BCUT2D eigenvalue weighted by Crippen LogP contribution is -2.39. The number of aliphatic hydroxyl groups excluding tert-OH is 1. The summed E-state index contributed by atoms with van der Waals surface area (Å²) in [4.78, 5) is 2.54. The van der Waals surface area contributed by atoms with Crippen LogP contribution < -0.4 is 0 Å². The van der Waals surface area contributed by atoms with Crippen LogP contribution >= 0.6 is 0 Å².